The molecule has 1 N–H and O–H groups in total. The quantitative estimate of drug-likeness (QED) is 0.0497. The van der Waals surface area contributed by atoms with Crippen molar-refractivity contribution in [2.45, 2.75) is 234 Å². The van der Waals surface area contributed by atoms with E-state index in [1.54, 1.807) is 0 Å². The molecule has 0 amide bonds. The number of nitrogens with zero attached hydrogens (tertiary/aromatic N) is 1. The molecule has 0 aliphatic carbocycles. The minimum Gasteiger partial charge on any atom is -0.466 e. The zero-order valence-corrected chi connectivity index (χ0v) is 35.8. The molecule has 0 fully saturated rings. The zero-order valence-electron chi connectivity index (χ0n) is 35.8. The van der Waals surface area contributed by atoms with Crippen LogP contribution in [0.15, 0.2) is 0 Å². The molecule has 6 heteroatoms. The van der Waals surface area contributed by atoms with E-state index in [0.717, 1.165) is 77.4 Å². The molecule has 0 aliphatic heterocycles. The van der Waals surface area contributed by atoms with Crippen LogP contribution in [0.5, 0.6) is 0 Å². The topological polar surface area (TPSA) is 76.1 Å². The van der Waals surface area contributed by atoms with Gasteiger partial charge in [0.05, 0.1) is 13.2 Å². The van der Waals surface area contributed by atoms with Crippen LogP contribution in [0.1, 0.15) is 234 Å². The van der Waals surface area contributed by atoms with Crippen molar-refractivity contribution in [1.29, 1.82) is 0 Å². The summed E-state index contributed by atoms with van der Waals surface area (Å²) < 4.78 is 11.4. The molecule has 0 bridgehead atoms. The van der Waals surface area contributed by atoms with Crippen LogP contribution in [0.2, 0.25) is 0 Å². The average Bonchev–Trinajstić information content (AvgIpc) is 3.12. The van der Waals surface area contributed by atoms with Gasteiger partial charge < -0.3 is 19.5 Å². The van der Waals surface area contributed by atoms with Crippen molar-refractivity contribution in [2.75, 3.05) is 39.5 Å². The van der Waals surface area contributed by atoms with Crippen LogP contribution in [0.3, 0.4) is 0 Å². The summed E-state index contributed by atoms with van der Waals surface area (Å²) in [6.45, 7) is 15.9. The van der Waals surface area contributed by atoms with Gasteiger partial charge in [-0.2, -0.15) is 0 Å². The van der Waals surface area contributed by atoms with Crippen molar-refractivity contribution < 1.29 is 24.2 Å². The predicted octanol–water partition coefficient (Wildman–Crippen LogP) is 13.2. The maximum atomic E-state index is 12.5. The highest BCUT2D eigenvalue weighted by Crippen LogP contribution is 2.28. The normalized spacial score (nSPS) is 11.9. The van der Waals surface area contributed by atoms with E-state index in [1.807, 2.05) is 0 Å². The van der Waals surface area contributed by atoms with Crippen LogP contribution in [0.4, 0.5) is 0 Å². The van der Waals surface area contributed by atoms with Gasteiger partial charge in [0.2, 0.25) is 0 Å². The molecule has 0 aromatic rings. The molecule has 0 rings (SSSR count). The number of unbranched alkanes of at least 4 members (excludes halogenated alkanes) is 19. The third kappa shape index (κ3) is 35.9. The fourth-order valence-corrected chi connectivity index (χ4v) is 7.24. The minimum absolute atomic E-state index is 0.000129. The molecule has 6 nitrogen and oxygen atoms in total. The molecule has 0 unspecified atom stereocenters. The van der Waals surface area contributed by atoms with Crippen molar-refractivity contribution in [3.63, 3.8) is 0 Å². The summed E-state index contributed by atoms with van der Waals surface area (Å²) in [4.78, 5) is 27.2. The molecule has 0 radical (unpaired) electrons. The first kappa shape index (κ1) is 50.9. The molecular formula is C46H91NO5. The predicted molar refractivity (Wildman–Crippen MR) is 223 cm³/mol. The Morgan fingerprint density at radius 2 is 0.942 bits per heavy atom. The van der Waals surface area contributed by atoms with Crippen molar-refractivity contribution in [3.05, 3.63) is 0 Å². The Morgan fingerprint density at radius 3 is 1.46 bits per heavy atom. The van der Waals surface area contributed by atoms with Crippen LogP contribution in [-0.2, 0) is 19.1 Å². The standard InChI is InChI=1S/C46H91NO5/c1-6-9-12-15-16-20-25-33-44(49)51-41-36-46(4,5)35-27-29-38-47(39-30-40-48)37-28-22-17-21-26-34-45(50)52-42-43(31-23-18-13-10-7-2)32-24-19-14-11-8-3/h43,48H,6-42H2,1-5H3. The Kier molecular flexibility index (Phi) is 37.3. The van der Waals surface area contributed by atoms with Gasteiger partial charge in [-0.05, 0) is 82.2 Å². The molecular weight excluding hydrogens is 647 g/mol. The lowest BCUT2D eigenvalue weighted by atomic mass is 9.84. The molecule has 0 aliphatic rings. The SMILES string of the molecule is CCCCCCCCCC(=O)OCCC(C)(C)CCCCN(CCCO)CCCCCCCC(=O)OCC(CCCCCCC)CCCCCCC. The molecule has 0 heterocycles. The van der Waals surface area contributed by atoms with E-state index in [9.17, 15) is 14.7 Å². The van der Waals surface area contributed by atoms with Crippen LogP contribution in [0.25, 0.3) is 0 Å². The fourth-order valence-electron chi connectivity index (χ4n) is 7.24. The molecule has 0 saturated heterocycles. The summed E-state index contributed by atoms with van der Waals surface area (Å²) in [5.74, 6) is 0.505. The number of rotatable bonds is 41. The van der Waals surface area contributed by atoms with E-state index >= 15 is 0 Å². The highest BCUT2D eigenvalue weighted by Gasteiger charge is 2.19. The highest BCUT2D eigenvalue weighted by atomic mass is 16.5. The van der Waals surface area contributed by atoms with Gasteiger partial charge in [0.25, 0.3) is 0 Å². The molecule has 0 aromatic heterocycles. The van der Waals surface area contributed by atoms with E-state index < -0.39 is 0 Å². The summed E-state index contributed by atoms with van der Waals surface area (Å²) in [5, 5.41) is 9.43. The van der Waals surface area contributed by atoms with E-state index in [0.29, 0.717) is 32.0 Å². The highest BCUT2D eigenvalue weighted by molar-refractivity contribution is 5.69. The van der Waals surface area contributed by atoms with Crippen LogP contribution >= 0.6 is 0 Å². The van der Waals surface area contributed by atoms with Crippen LogP contribution in [0, 0.1) is 11.3 Å². The van der Waals surface area contributed by atoms with Gasteiger partial charge in [-0.15, -0.1) is 0 Å². The Balaban J connectivity index is 4.13. The summed E-state index contributed by atoms with van der Waals surface area (Å²) in [7, 11) is 0. The van der Waals surface area contributed by atoms with Gasteiger partial charge in [0, 0.05) is 26.0 Å². The maximum absolute atomic E-state index is 12.5. The maximum Gasteiger partial charge on any atom is 0.305 e. The molecule has 52 heavy (non-hydrogen) atoms. The second-order valence-corrected chi connectivity index (χ2v) is 16.9. The van der Waals surface area contributed by atoms with E-state index in [1.165, 1.54) is 128 Å². The van der Waals surface area contributed by atoms with Crippen LogP contribution in [-0.4, -0.2) is 61.4 Å². The monoisotopic (exact) mass is 738 g/mol. The average molecular weight is 738 g/mol. The largest absolute Gasteiger partial charge is 0.466 e. The third-order valence-corrected chi connectivity index (χ3v) is 11.0. The number of aliphatic hydroxyl groups is 1. The first-order valence-corrected chi connectivity index (χ1v) is 22.9. The second-order valence-electron chi connectivity index (χ2n) is 16.9. The summed E-state index contributed by atoms with van der Waals surface area (Å²) >= 11 is 0. The number of ether oxygens (including phenoxy) is 2. The van der Waals surface area contributed by atoms with Gasteiger partial charge in [-0.1, -0.05) is 163 Å². The molecule has 0 spiro atoms. The number of hydrogen-bond donors (Lipinski definition) is 1. The number of esters is 2. The number of hydrogen-bond acceptors (Lipinski definition) is 6. The molecule has 310 valence electrons. The zero-order chi connectivity index (χ0) is 38.4. The third-order valence-electron chi connectivity index (χ3n) is 11.0. The lowest BCUT2D eigenvalue weighted by Gasteiger charge is -2.26. The van der Waals surface area contributed by atoms with Gasteiger partial charge >= 0.3 is 11.9 Å². The number of carbonyl (C=O) groups is 2. The van der Waals surface area contributed by atoms with Crippen molar-refractivity contribution in [2.24, 2.45) is 11.3 Å². The van der Waals surface area contributed by atoms with Gasteiger partial charge in [0.1, 0.15) is 0 Å². The lowest BCUT2D eigenvalue weighted by molar-refractivity contribution is -0.146. The van der Waals surface area contributed by atoms with E-state index in [2.05, 4.69) is 39.5 Å². The van der Waals surface area contributed by atoms with Gasteiger partial charge in [-0.3, -0.25) is 9.59 Å². The van der Waals surface area contributed by atoms with E-state index in [-0.39, 0.29) is 24.0 Å². The summed E-state index contributed by atoms with van der Waals surface area (Å²) in [5.41, 5.74) is 0.172. The summed E-state index contributed by atoms with van der Waals surface area (Å²) in [6.07, 6.45) is 35.9. The molecule has 0 atom stereocenters. The van der Waals surface area contributed by atoms with Crippen LogP contribution < -0.4 is 0 Å². The Morgan fingerprint density at radius 1 is 0.519 bits per heavy atom. The van der Waals surface area contributed by atoms with Gasteiger partial charge in [0.15, 0.2) is 0 Å². The van der Waals surface area contributed by atoms with Crippen molar-refractivity contribution >= 4 is 11.9 Å². The fraction of sp³-hybridized carbons (Fsp3) is 0.957. The lowest BCUT2D eigenvalue weighted by Crippen LogP contribution is -2.28. The van der Waals surface area contributed by atoms with Crippen molar-refractivity contribution in [1.82, 2.24) is 4.90 Å². The van der Waals surface area contributed by atoms with E-state index in [4.69, 9.17) is 9.47 Å². The Hall–Kier alpha value is -1.14. The van der Waals surface area contributed by atoms with Gasteiger partial charge in [-0.25, -0.2) is 0 Å². The Bertz CT molecular complexity index is 758. The summed E-state index contributed by atoms with van der Waals surface area (Å²) in [6, 6.07) is 0. The number of carbonyl (C=O) groups excluding carboxylic acids is 2. The first-order chi connectivity index (χ1) is 25.3. The Labute approximate surface area is 324 Å². The van der Waals surface area contributed by atoms with Crippen molar-refractivity contribution in [3.8, 4) is 0 Å². The smallest absolute Gasteiger partial charge is 0.305 e. The minimum atomic E-state index is -0.0303. The number of aliphatic hydroxyl groups excluding tert-OH is 1. The molecule has 0 saturated carbocycles. The second kappa shape index (κ2) is 38.1. The first-order valence-electron chi connectivity index (χ1n) is 22.9. The molecule has 0 aromatic carbocycles.